The minimum absolute atomic E-state index is 0.0116. The van der Waals surface area contributed by atoms with Crippen molar-refractivity contribution in [3.05, 3.63) is 89.0 Å². The summed E-state index contributed by atoms with van der Waals surface area (Å²) >= 11 is 0. The summed E-state index contributed by atoms with van der Waals surface area (Å²) in [5, 5.41) is 0. The second-order valence-corrected chi connectivity index (χ2v) is 9.70. The van der Waals surface area contributed by atoms with Crippen LogP contribution in [0.1, 0.15) is 55.4 Å². The highest BCUT2D eigenvalue weighted by Crippen LogP contribution is 2.41. The molecule has 1 aliphatic heterocycles. The van der Waals surface area contributed by atoms with E-state index in [0.717, 1.165) is 48.9 Å². The Morgan fingerprint density at radius 2 is 1.34 bits per heavy atom. The van der Waals surface area contributed by atoms with Crippen LogP contribution >= 0.6 is 0 Å². The third-order valence-electron chi connectivity index (χ3n) is 6.70. The van der Waals surface area contributed by atoms with Crippen LogP contribution in [0.25, 0.3) is 11.1 Å². The first-order chi connectivity index (χ1) is 19.2. The maximum absolute atomic E-state index is 14.7. The summed E-state index contributed by atoms with van der Waals surface area (Å²) in [7, 11) is 0. The number of halogens is 9. The summed E-state index contributed by atoms with van der Waals surface area (Å²) in [4.78, 5) is 0. The van der Waals surface area contributed by atoms with E-state index in [1.54, 1.807) is 0 Å². The first-order valence-electron chi connectivity index (χ1n) is 12.7. The number of ether oxygens (including phenoxy) is 3. The Bertz CT molecular complexity index is 1290. The highest BCUT2D eigenvalue weighted by Gasteiger charge is 2.50. The number of rotatable bonds is 9. The van der Waals surface area contributed by atoms with Gasteiger partial charge in [0.05, 0.1) is 18.3 Å². The van der Waals surface area contributed by atoms with Gasteiger partial charge in [0.25, 0.3) is 0 Å². The van der Waals surface area contributed by atoms with Crippen molar-refractivity contribution in [2.24, 2.45) is 5.92 Å². The molecule has 1 saturated heterocycles. The summed E-state index contributed by atoms with van der Waals surface area (Å²) in [6.45, 7) is 2.85. The number of hydrogen-bond acceptors (Lipinski definition) is 3. The average molecular weight is 592 g/mol. The predicted molar refractivity (Wildman–Crippen MR) is 130 cm³/mol. The zero-order chi connectivity index (χ0) is 30.0. The van der Waals surface area contributed by atoms with Crippen molar-refractivity contribution in [3.63, 3.8) is 0 Å². The van der Waals surface area contributed by atoms with Gasteiger partial charge in [-0.05, 0) is 54.0 Å². The van der Waals surface area contributed by atoms with Gasteiger partial charge in [0, 0.05) is 12.1 Å². The molecule has 0 saturated carbocycles. The molecule has 1 fully saturated rings. The Morgan fingerprint density at radius 1 is 0.780 bits per heavy atom. The van der Waals surface area contributed by atoms with Crippen LogP contribution in [0.4, 0.5) is 39.5 Å². The molecule has 4 rings (SSSR count). The first kappa shape index (κ1) is 30.7. The Hall–Kier alpha value is -3.25. The molecule has 0 aliphatic carbocycles. The molecule has 0 amide bonds. The zero-order valence-electron chi connectivity index (χ0n) is 21.6. The molecule has 0 bridgehead atoms. The summed E-state index contributed by atoms with van der Waals surface area (Å²) in [5.74, 6) is -5.22. The maximum Gasteiger partial charge on any atom is 0.527 e. The lowest BCUT2D eigenvalue weighted by atomic mass is 9.91. The smallest absolute Gasteiger partial charge is 0.429 e. The molecule has 222 valence electrons. The molecule has 0 aromatic heterocycles. The van der Waals surface area contributed by atoms with Gasteiger partial charge < -0.3 is 9.47 Å². The lowest BCUT2D eigenvalue weighted by Crippen LogP contribution is -2.30. The number of hydrogen-bond donors (Lipinski definition) is 0. The Kier molecular flexibility index (Phi) is 8.93. The van der Waals surface area contributed by atoms with Gasteiger partial charge in [-0.2, -0.15) is 17.6 Å². The molecular formula is C29H25F9O3. The number of benzene rings is 3. The topological polar surface area (TPSA) is 27.7 Å². The van der Waals surface area contributed by atoms with Crippen molar-refractivity contribution >= 4 is 0 Å². The van der Waals surface area contributed by atoms with E-state index in [4.69, 9.17) is 4.74 Å². The van der Waals surface area contributed by atoms with Crippen LogP contribution in [0.5, 0.6) is 5.75 Å². The second kappa shape index (κ2) is 11.9. The Morgan fingerprint density at radius 3 is 1.83 bits per heavy atom. The lowest BCUT2D eigenvalue weighted by molar-refractivity contribution is -0.432. The number of alkyl halides is 7. The van der Waals surface area contributed by atoms with E-state index in [0.29, 0.717) is 18.1 Å². The van der Waals surface area contributed by atoms with Crippen molar-refractivity contribution in [1.82, 2.24) is 0 Å². The molecule has 3 nitrogen and oxygen atoms in total. The highest BCUT2D eigenvalue weighted by molar-refractivity contribution is 5.64. The molecular weight excluding hydrogens is 567 g/mol. The van der Waals surface area contributed by atoms with E-state index >= 15 is 0 Å². The molecule has 0 N–H and O–H groups in total. The van der Waals surface area contributed by atoms with Crippen LogP contribution in [0, 0.1) is 17.6 Å². The minimum Gasteiger partial charge on any atom is -0.429 e. The molecule has 1 heterocycles. The summed E-state index contributed by atoms with van der Waals surface area (Å²) < 4.78 is 134. The van der Waals surface area contributed by atoms with Crippen LogP contribution in [-0.2, 0) is 21.7 Å². The lowest BCUT2D eigenvalue weighted by Gasteiger charge is -2.29. The van der Waals surface area contributed by atoms with Crippen LogP contribution in [0.2, 0.25) is 0 Å². The van der Waals surface area contributed by atoms with Crippen molar-refractivity contribution in [2.75, 3.05) is 6.61 Å². The molecule has 2 unspecified atom stereocenters. The minimum atomic E-state index is -5.93. The summed E-state index contributed by atoms with van der Waals surface area (Å²) in [6.07, 6.45) is -11.3. The summed E-state index contributed by atoms with van der Waals surface area (Å²) in [5.41, 5.74) is -0.821. The fraction of sp³-hybridized carbons (Fsp3) is 0.379. The van der Waals surface area contributed by atoms with E-state index in [1.807, 2.05) is 24.3 Å². The van der Waals surface area contributed by atoms with Crippen LogP contribution in [-0.4, -0.2) is 13.0 Å². The predicted octanol–water partition coefficient (Wildman–Crippen LogP) is 9.61. The van der Waals surface area contributed by atoms with Crippen LogP contribution in [0.15, 0.2) is 60.7 Å². The van der Waals surface area contributed by atoms with E-state index in [1.165, 1.54) is 12.1 Å². The highest BCUT2D eigenvalue weighted by atomic mass is 19.4. The van der Waals surface area contributed by atoms with E-state index < -0.39 is 47.1 Å². The van der Waals surface area contributed by atoms with Gasteiger partial charge in [0.2, 0.25) is 0 Å². The molecule has 41 heavy (non-hydrogen) atoms. The van der Waals surface area contributed by atoms with Crippen molar-refractivity contribution in [3.8, 4) is 16.9 Å². The fourth-order valence-corrected chi connectivity index (χ4v) is 4.74. The molecule has 3 aromatic rings. The Labute approximate surface area is 229 Å². The van der Waals surface area contributed by atoms with Crippen LogP contribution < -0.4 is 4.74 Å². The third kappa shape index (κ3) is 7.53. The molecule has 3 aromatic carbocycles. The molecule has 2 atom stereocenters. The fourth-order valence-electron chi connectivity index (χ4n) is 4.74. The van der Waals surface area contributed by atoms with Gasteiger partial charge in [0.15, 0.2) is 0 Å². The molecule has 12 heteroatoms. The van der Waals surface area contributed by atoms with Gasteiger partial charge in [0.1, 0.15) is 22.9 Å². The molecule has 0 spiro atoms. The zero-order valence-corrected chi connectivity index (χ0v) is 21.6. The van der Waals surface area contributed by atoms with Gasteiger partial charge in [-0.25, -0.2) is 13.5 Å². The van der Waals surface area contributed by atoms with Crippen molar-refractivity contribution < 1.29 is 53.7 Å². The quantitative estimate of drug-likeness (QED) is 0.232. The largest absolute Gasteiger partial charge is 0.527 e. The van der Waals surface area contributed by atoms with Gasteiger partial charge in [-0.1, -0.05) is 49.7 Å². The van der Waals surface area contributed by atoms with Gasteiger partial charge in [-0.15, -0.1) is 13.2 Å². The van der Waals surface area contributed by atoms with Crippen molar-refractivity contribution in [1.29, 1.82) is 0 Å². The summed E-state index contributed by atoms with van der Waals surface area (Å²) in [6, 6.07) is 12.0. The SMILES string of the molecule is CCCC1CCC(c2ccc(-c3ccc(C(F)(F)Oc4cc(F)c(C(F)(F)OC(F)(F)F)c(F)c4)cc3)cc2)OC1. The Balaban J connectivity index is 1.44. The maximum atomic E-state index is 14.7. The van der Waals surface area contributed by atoms with Gasteiger partial charge in [-0.3, -0.25) is 0 Å². The van der Waals surface area contributed by atoms with Crippen molar-refractivity contribution in [2.45, 2.75) is 57.3 Å². The first-order valence-corrected chi connectivity index (χ1v) is 12.7. The van der Waals surface area contributed by atoms with Crippen LogP contribution in [0.3, 0.4) is 0 Å². The second-order valence-electron chi connectivity index (χ2n) is 9.70. The third-order valence-corrected chi connectivity index (χ3v) is 6.70. The van der Waals surface area contributed by atoms with Gasteiger partial charge >= 0.3 is 18.6 Å². The van der Waals surface area contributed by atoms with E-state index in [-0.39, 0.29) is 18.2 Å². The molecule has 0 radical (unpaired) electrons. The van der Waals surface area contributed by atoms with E-state index in [9.17, 15) is 39.5 Å². The molecule has 1 aliphatic rings. The monoisotopic (exact) mass is 592 g/mol. The normalized spacial score (nSPS) is 18.4. The average Bonchev–Trinajstić information content (AvgIpc) is 2.87. The van der Waals surface area contributed by atoms with E-state index in [2.05, 4.69) is 16.4 Å². The standard InChI is InChI=1S/C29H25F9O3/c1-2-3-17-4-13-25(39-16-17)20-7-5-18(6-8-20)19-9-11-21(12-10-19)27(32,33)40-22-14-23(30)26(24(31)15-22)28(34,35)41-29(36,37)38/h5-12,14-15,17,25H,2-4,13,16H2,1H3.